The van der Waals surface area contributed by atoms with Crippen molar-refractivity contribution in [1.29, 1.82) is 0 Å². The molecule has 34 heavy (non-hydrogen) atoms. The molecular formula is C12H6F20O2. The molecule has 0 heterocycles. The van der Waals surface area contributed by atoms with Crippen LogP contribution in [-0.4, -0.2) is 60.0 Å². The summed E-state index contributed by atoms with van der Waals surface area (Å²) in [5.74, 6) is -43.6. The normalized spacial score (nSPS) is 16.8. The third-order valence-electron chi connectivity index (χ3n) is 3.47. The van der Waals surface area contributed by atoms with E-state index in [1.807, 2.05) is 0 Å². The summed E-state index contributed by atoms with van der Waals surface area (Å²) in [6.45, 7) is -2.33. The van der Waals surface area contributed by atoms with E-state index in [9.17, 15) is 87.8 Å². The molecule has 0 aliphatic heterocycles. The predicted molar refractivity (Wildman–Crippen MR) is 63.0 cm³/mol. The van der Waals surface area contributed by atoms with E-state index in [0.717, 1.165) is 0 Å². The number of hydrogen-bond donors (Lipinski definition) is 0. The van der Waals surface area contributed by atoms with E-state index in [4.69, 9.17) is 0 Å². The molecule has 0 aliphatic rings. The lowest BCUT2D eigenvalue weighted by molar-refractivity contribution is -0.538. The summed E-state index contributed by atoms with van der Waals surface area (Å²) in [5, 5.41) is 0. The molecule has 0 spiro atoms. The van der Waals surface area contributed by atoms with Crippen molar-refractivity contribution in [2.75, 3.05) is 0 Å². The summed E-state index contributed by atoms with van der Waals surface area (Å²) in [5.41, 5.74) is 0. The van der Waals surface area contributed by atoms with E-state index in [1.165, 1.54) is 9.47 Å². The lowest BCUT2D eigenvalue weighted by Gasteiger charge is -2.40. The van der Waals surface area contributed by atoms with Crippen LogP contribution in [0.1, 0.15) is 13.8 Å². The van der Waals surface area contributed by atoms with Crippen LogP contribution in [0.25, 0.3) is 0 Å². The average Bonchev–Trinajstić information content (AvgIpc) is 2.49. The minimum atomic E-state index is -8.44. The zero-order chi connectivity index (χ0) is 28.4. The predicted octanol–water partition coefficient (Wildman–Crippen LogP) is 7.24. The Bertz CT molecular complexity index is 667. The third-order valence-corrected chi connectivity index (χ3v) is 3.47. The van der Waals surface area contributed by atoms with Gasteiger partial charge in [-0.3, -0.25) is 0 Å². The first kappa shape index (κ1) is 32.5. The van der Waals surface area contributed by atoms with Crippen molar-refractivity contribution < 1.29 is 97.3 Å². The SMILES string of the molecule is CC(F)(F)C(F)(F)C(F)(F)OC(F)(F)C(F)(F)C(F)(F)C(F)(F)OC(F)(F)C(F)(F)C(C)(F)F. The molecule has 0 aromatic rings. The molecule has 2 nitrogen and oxygen atoms in total. The summed E-state index contributed by atoms with van der Waals surface area (Å²) >= 11 is 0. The number of ether oxygens (including phenoxy) is 2. The topological polar surface area (TPSA) is 18.5 Å². The molecule has 0 rings (SSSR count). The minimum absolute atomic E-state index is 1.16. The summed E-state index contributed by atoms with van der Waals surface area (Å²) in [7, 11) is 0. The fraction of sp³-hybridized carbons (Fsp3) is 1.00. The Morgan fingerprint density at radius 1 is 0.294 bits per heavy atom. The number of hydrogen-bond acceptors (Lipinski definition) is 2. The van der Waals surface area contributed by atoms with Gasteiger partial charge in [0.15, 0.2) is 0 Å². The van der Waals surface area contributed by atoms with Crippen molar-refractivity contribution in [3.05, 3.63) is 0 Å². The van der Waals surface area contributed by atoms with Crippen molar-refractivity contribution in [1.82, 2.24) is 0 Å². The monoisotopic (exact) mass is 562 g/mol. The molecule has 0 radical (unpaired) electrons. The van der Waals surface area contributed by atoms with E-state index >= 15 is 0 Å². The van der Waals surface area contributed by atoms with E-state index in [2.05, 4.69) is 0 Å². The van der Waals surface area contributed by atoms with Crippen LogP contribution < -0.4 is 0 Å². The lowest BCUT2D eigenvalue weighted by Crippen LogP contribution is -2.68. The molecule has 0 atom stereocenters. The Morgan fingerprint density at radius 2 is 0.441 bits per heavy atom. The van der Waals surface area contributed by atoms with Crippen LogP contribution in [0.5, 0.6) is 0 Å². The van der Waals surface area contributed by atoms with Gasteiger partial charge in [0.25, 0.3) is 0 Å². The third kappa shape index (κ3) is 4.92. The van der Waals surface area contributed by atoms with Gasteiger partial charge < -0.3 is 0 Å². The lowest BCUT2D eigenvalue weighted by atomic mass is 10.1. The van der Waals surface area contributed by atoms with Crippen LogP contribution in [0.4, 0.5) is 87.8 Å². The molecule has 0 fully saturated rings. The summed E-state index contributed by atoms with van der Waals surface area (Å²) in [6.07, 6.45) is -31.4. The van der Waals surface area contributed by atoms with Crippen LogP contribution >= 0.6 is 0 Å². The second kappa shape index (κ2) is 8.02. The van der Waals surface area contributed by atoms with Gasteiger partial charge in [0.2, 0.25) is 0 Å². The highest BCUT2D eigenvalue weighted by molar-refractivity contribution is 5.00. The summed E-state index contributed by atoms with van der Waals surface area (Å²) in [4.78, 5) is 0. The van der Waals surface area contributed by atoms with Crippen LogP contribution in [-0.2, 0) is 9.47 Å². The molecule has 0 aromatic heterocycles. The van der Waals surface area contributed by atoms with Gasteiger partial charge in [0.05, 0.1) is 0 Å². The molecule has 0 bridgehead atoms. The Kier molecular flexibility index (Phi) is 7.67. The zero-order valence-electron chi connectivity index (χ0n) is 15.4. The standard InChI is InChI=1S/C12H6F20O2/c1-3(13,14)5(17,18)9(25,26)33-11(29,30)7(21,22)8(23,24)12(31,32)34-10(27,28)6(19,20)4(2,15)16/h1-2H3. The fourth-order valence-electron chi connectivity index (χ4n) is 1.45. The van der Waals surface area contributed by atoms with E-state index in [-0.39, 0.29) is 0 Å². The molecule has 0 aromatic carbocycles. The van der Waals surface area contributed by atoms with Gasteiger partial charge in [-0.1, -0.05) is 0 Å². The van der Waals surface area contributed by atoms with E-state index in [0.29, 0.717) is 0 Å². The summed E-state index contributed by atoms with van der Waals surface area (Å²) < 4.78 is 261. The highest BCUT2D eigenvalue weighted by atomic mass is 19.4. The minimum Gasteiger partial charge on any atom is -0.245 e. The Balaban J connectivity index is 6.41. The maximum atomic E-state index is 13.3. The highest BCUT2D eigenvalue weighted by Gasteiger charge is 2.87. The van der Waals surface area contributed by atoms with Gasteiger partial charge in [0, 0.05) is 13.8 Å². The molecule has 22 heteroatoms. The smallest absolute Gasteiger partial charge is 0.245 e. The zero-order valence-corrected chi connectivity index (χ0v) is 15.4. The van der Waals surface area contributed by atoms with E-state index < -0.39 is 73.8 Å². The Labute approximate surface area is 172 Å². The highest BCUT2D eigenvalue weighted by Crippen LogP contribution is 2.59. The van der Waals surface area contributed by atoms with Crippen molar-refractivity contribution in [3.8, 4) is 0 Å². The Morgan fingerprint density at radius 3 is 0.588 bits per heavy atom. The molecule has 206 valence electrons. The maximum absolute atomic E-state index is 13.3. The van der Waals surface area contributed by atoms with E-state index in [1.54, 1.807) is 0 Å². The van der Waals surface area contributed by atoms with Crippen LogP contribution in [0.2, 0.25) is 0 Å². The van der Waals surface area contributed by atoms with Gasteiger partial charge in [-0.25, -0.2) is 9.47 Å². The maximum Gasteiger partial charge on any atom is 0.430 e. The van der Waals surface area contributed by atoms with Crippen molar-refractivity contribution in [3.63, 3.8) is 0 Å². The second-order valence-electron chi connectivity index (χ2n) is 6.35. The first-order valence-corrected chi connectivity index (χ1v) is 7.35. The molecule has 0 aliphatic carbocycles. The van der Waals surface area contributed by atoms with Crippen LogP contribution in [0, 0.1) is 0 Å². The summed E-state index contributed by atoms with van der Waals surface area (Å²) in [6, 6.07) is 0. The Hall–Kier alpha value is -1.48. The average molecular weight is 562 g/mol. The molecule has 0 amide bonds. The molecular weight excluding hydrogens is 556 g/mol. The second-order valence-corrected chi connectivity index (χ2v) is 6.35. The van der Waals surface area contributed by atoms with Gasteiger partial charge in [-0.2, -0.15) is 87.8 Å². The van der Waals surface area contributed by atoms with Crippen molar-refractivity contribution in [2.24, 2.45) is 0 Å². The van der Waals surface area contributed by atoms with Crippen LogP contribution in [0.3, 0.4) is 0 Å². The number of alkyl halides is 20. The first-order valence-electron chi connectivity index (χ1n) is 7.35. The fourth-order valence-corrected chi connectivity index (χ4v) is 1.45. The molecule has 0 saturated heterocycles. The quantitative estimate of drug-likeness (QED) is 0.248. The van der Waals surface area contributed by atoms with Gasteiger partial charge in [-0.15, -0.1) is 0 Å². The van der Waals surface area contributed by atoms with Gasteiger partial charge in [-0.05, 0) is 0 Å². The molecule has 0 saturated carbocycles. The largest absolute Gasteiger partial charge is 0.430 e. The van der Waals surface area contributed by atoms with Crippen molar-refractivity contribution >= 4 is 0 Å². The number of rotatable bonds is 11. The van der Waals surface area contributed by atoms with Gasteiger partial charge >= 0.3 is 60.0 Å². The molecule has 0 unspecified atom stereocenters. The van der Waals surface area contributed by atoms with Crippen LogP contribution in [0.15, 0.2) is 0 Å². The number of halogens is 20. The van der Waals surface area contributed by atoms with Gasteiger partial charge in [0.1, 0.15) is 0 Å². The molecule has 0 N–H and O–H groups in total. The first-order chi connectivity index (χ1) is 14.2. The van der Waals surface area contributed by atoms with Crippen molar-refractivity contribution in [2.45, 2.75) is 73.8 Å².